The molecule has 0 bridgehead atoms. The summed E-state index contributed by atoms with van der Waals surface area (Å²) in [4.78, 5) is 27.1. The SMILES string of the molecule is CCN(C)C(=O)CN1CCNCC1C(=O)NC. The van der Waals surface area contributed by atoms with Crippen molar-refractivity contribution in [3.05, 3.63) is 0 Å². The second-order valence-electron chi connectivity index (χ2n) is 4.21. The van der Waals surface area contributed by atoms with Crippen molar-refractivity contribution >= 4 is 11.8 Å². The Labute approximate surface area is 102 Å². The van der Waals surface area contributed by atoms with E-state index in [1.165, 1.54) is 0 Å². The fraction of sp³-hybridized carbons (Fsp3) is 0.818. The van der Waals surface area contributed by atoms with E-state index in [2.05, 4.69) is 10.6 Å². The number of carbonyl (C=O) groups is 2. The molecule has 0 aromatic heterocycles. The Kier molecular flexibility index (Phi) is 5.37. The van der Waals surface area contributed by atoms with Gasteiger partial charge in [0.25, 0.3) is 0 Å². The molecule has 1 unspecified atom stereocenters. The molecular formula is C11H22N4O2. The molecule has 0 saturated carbocycles. The first kappa shape index (κ1) is 13.9. The smallest absolute Gasteiger partial charge is 0.238 e. The molecule has 98 valence electrons. The Morgan fingerprint density at radius 3 is 2.82 bits per heavy atom. The topological polar surface area (TPSA) is 64.7 Å². The van der Waals surface area contributed by atoms with Crippen molar-refractivity contribution in [3.63, 3.8) is 0 Å². The van der Waals surface area contributed by atoms with Crippen LogP contribution in [0.3, 0.4) is 0 Å². The molecule has 6 heteroatoms. The van der Waals surface area contributed by atoms with E-state index in [-0.39, 0.29) is 17.9 Å². The molecule has 0 spiro atoms. The Morgan fingerprint density at radius 1 is 1.53 bits per heavy atom. The zero-order valence-electron chi connectivity index (χ0n) is 10.8. The Bertz CT molecular complexity index is 283. The molecule has 1 atom stereocenters. The molecule has 1 aliphatic heterocycles. The fourth-order valence-electron chi connectivity index (χ4n) is 1.83. The fourth-order valence-corrected chi connectivity index (χ4v) is 1.83. The maximum Gasteiger partial charge on any atom is 0.238 e. The lowest BCUT2D eigenvalue weighted by Crippen LogP contribution is -2.59. The third-order valence-corrected chi connectivity index (χ3v) is 3.14. The minimum absolute atomic E-state index is 0.0378. The maximum atomic E-state index is 11.8. The van der Waals surface area contributed by atoms with Crippen molar-refractivity contribution in [3.8, 4) is 0 Å². The Hall–Kier alpha value is -1.14. The number of hydrogen-bond acceptors (Lipinski definition) is 4. The lowest BCUT2D eigenvalue weighted by molar-refractivity contribution is -0.134. The van der Waals surface area contributed by atoms with Gasteiger partial charge in [0.2, 0.25) is 11.8 Å². The van der Waals surface area contributed by atoms with E-state index in [4.69, 9.17) is 0 Å². The van der Waals surface area contributed by atoms with Crippen LogP contribution < -0.4 is 10.6 Å². The van der Waals surface area contributed by atoms with Crippen LogP contribution in [0.25, 0.3) is 0 Å². The lowest BCUT2D eigenvalue weighted by Gasteiger charge is -2.35. The van der Waals surface area contributed by atoms with Crippen LogP contribution in [0.2, 0.25) is 0 Å². The first-order chi connectivity index (χ1) is 8.10. The van der Waals surface area contributed by atoms with Crippen LogP contribution >= 0.6 is 0 Å². The summed E-state index contributed by atoms with van der Waals surface area (Å²) in [7, 11) is 3.40. The van der Waals surface area contributed by atoms with E-state index in [0.29, 0.717) is 19.6 Å². The average Bonchev–Trinajstić information content (AvgIpc) is 2.37. The van der Waals surface area contributed by atoms with Crippen molar-refractivity contribution in [2.24, 2.45) is 0 Å². The van der Waals surface area contributed by atoms with Gasteiger partial charge < -0.3 is 15.5 Å². The third kappa shape index (κ3) is 3.67. The van der Waals surface area contributed by atoms with Gasteiger partial charge in [0.1, 0.15) is 6.04 Å². The van der Waals surface area contributed by atoms with Gasteiger partial charge in [-0.2, -0.15) is 0 Å². The molecule has 1 rings (SSSR count). The van der Waals surface area contributed by atoms with Gasteiger partial charge in [-0.05, 0) is 6.92 Å². The Morgan fingerprint density at radius 2 is 2.24 bits per heavy atom. The number of piperazine rings is 1. The zero-order valence-corrected chi connectivity index (χ0v) is 10.8. The van der Waals surface area contributed by atoms with E-state index in [0.717, 1.165) is 13.1 Å². The van der Waals surface area contributed by atoms with Gasteiger partial charge in [0.15, 0.2) is 0 Å². The number of rotatable bonds is 4. The van der Waals surface area contributed by atoms with E-state index in [9.17, 15) is 9.59 Å². The van der Waals surface area contributed by atoms with Crippen LogP contribution in [-0.2, 0) is 9.59 Å². The standard InChI is InChI=1S/C11H22N4O2/c1-4-14(3)10(16)8-15-6-5-13-7-9(15)11(17)12-2/h9,13H,4-8H2,1-3H3,(H,12,17). The van der Waals surface area contributed by atoms with Crippen LogP contribution in [0.4, 0.5) is 0 Å². The number of nitrogens with zero attached hydrogens (tertiary/aromatic N) is 2. The third-order valence-electron chi connectivity index (χ3n) is 3.14. The van der Waals surface area contributed by atoms with Crippen LogP contribution in [0.5, 0.6) is 0 Å². The highest BCUT2D eigenvalue weighted by molar-refractivity contribution is 5.83. The number of nitrogens with one attached hydrogen (secondary N) is 2. The molecule has 1 fully saturated rings. The number of hydrogen-bond donors (Lipinski definition) is 2. The summed E-state index contributed by atoms with van der Waals surface area (Å²) >= 11 is 0. The van der Waals surface area contributed by atoms with Gasteiger partial charge in [-0.25, -0.2) is 0 Å². The molecule has 0 aliphatic carbocycles. The van der Waals surface area contributed by atoms with Gasteiger partial charge in [-0.3, -0.25) is 14.5 Å². The van der Waals surface area contributed by atoms with Crippen LogP contribution in [-0.4, -0.2) is 74.5 Å². The molecule has 0 radical (unpaired) electrons. The highest BCUT2D eigenvalue weighted by Crippen LogP contribution is 2.04. The van der Waals surface area contributed by atoms with E-state index < -0.39 is 0 Å². The summed E-state index contributed by atoms with van der Waals surface area (Å²) in [6.07, 6.45) is 0. The quantitative estimate of drug-likeness (QED) is 0.629. The minimum atomic E-state index is -0.247. The van der Waals surface area contributed by atoms with Gasteiger partial charge in [0.05, 0.1) is 6.54 Å². The van der Waals surface area contributed by atoms with Crippen molar-refractivity contribution in [1.82, 2.24) is 20.4 Å². The largest absolute Gasteiger partial charge is 0.358 e. The summed E-state index contributed by atoms with van der Waals surface area (Å²) in [5.74, 6) is 0.0208. The van der Waals surface area contributed by atoms with Gasteiger partial charge in [-0.15, -0.1) is 0 Å². The molecule has 0 aromatic carbocycles. The first-order valence-corrected chi connectivity index (χ1v) is 6.00. The number of likely N-dealkylation sites (N-methyl/N-ethyl adjacent to an activating group) is 2. The molecule has 17 heavy (non-hydrogen) atoms. The summed E-state index contributed by atoms with van der Waals surface area (Å²) < 4.78 is 0. The first-order valence-electron chi connectivity index (χ1n) is 6.00. The maximum absolute atomic E-state index is 11.8. The molecule has 0 aromatic rings. The normalized spacial score (nSPS) is 21.0. The van der Waals surface area contributed by atoms with Crippen molar-refractivity contribution in [2.75, 3.05) is 46.8 Å². The molecule has 2 N–H and O–H groups in total. The summed E-state index contributed by atoms with van der Waals surface area (Å²) in [6.45, 7) is 5.08. The van der Waals surface area contributed by atoms with Gasteiger partial charge >= 0.3 is 0 Å². The van der Waals surface area contributed by atoms with Gasteiger partial charge in [-0.1, -0.05) is 0 Å². The van der Waals surface area contributed by atoms with Crippen LogP contribution in [0.1, 0.15) is 6.92 Å². The van der Waals surface area contributed by atoms with E-state index in [1.54, 1.807) is 19.0 Å². The number of amides is 2. The lowest BCUT2D eigenvalue weighted by atomic mass is 10.1. The van der Waals surface area contributed by atoms with Crippen LogP contribution in [0, 0.1) is 0 Å². The minimum Gasteiger partial charge on any atom is -0.358 e. The predicted molar refractivity (Wildman–Crippen MR) is 65.6 cm³/mol. The van der Waals surface area contributed by atoms with Crippen molar-refractivity contribution in [2.45, 2.75) is 13.0 Å². The van der Waals surface area contributed by atoms with Gasteiger partial charge in [0, 0.05) is 40.3 Å². The highest BCUT2D eigenvalue weighted by Gasteiger charge is 2.29. The predicted octanol–water partition coefficient (Wildman–Crippen LogP) is -1.52. The molecule has 6 nitrogen and oxygen atoms in total. The van der Waals surface area contributed by atoms with Crippen molar-refractivity contribution in [1.29, 1.82) is 0 Å². The second-order valence-corrected chi connectivity index (χ2v) is 4.21. The Balaban J connectivity index is 2.59. The summed E-state index contributed by atoms with van der Waals surface area (Å²) in [6, 6.07) is -0.247. The molecule has 1 heterocycles. The van der Waals surface area contributed by atoms with Crippen LogP contribution in [0.15, 0.2) is 0 Å². The molecular weight excluding hydrogens is 220 g/mol. The molecule has 2 amide bonds. The highest BCUT2D eigenvalue weighted by atomic mass is 16.2. The monoisotopic (exact) mass is 242 g/mol. The van der Waals surface area contributed by atoms with E-state index in [1.807, 2.05) is 11.8 Å². The molecule has 1 aliphatic rings. The zero-order chi connectivity index (χ0) is 12.8. The molecule has 1 saturated heterocycles. The summed E-state index contributed by atoms with van der Waals surface area (Å²) in [5, 5.41) is 5.80. The summed E-state index contributed by atoms with van der Waals surface area (Å²) in [5.41, 5.74) is 0. The second kappa shape index (κ2) is 6.56. The number of carbonyl (C=O) groups excluding carboxylic acids is 2. The average molecular weight is 242 g/mol. The van der Waals surface area contributed by atoms with Crippen molar-refractivity contribution < 1.29 is 9.59 Å². The van der Waals surface area contributed by atoms with E-state index >= 15 is 0 Å².